The number of Topliss-reactive ketones (excluding diaryl/α,β-unsaturated/α-hetero) is 1. The molecule has 22 heavy (non-hydrogen) atoms. The molecule has 2 bridgehead atoms. The molecule has 0 radical (unpaired) electrons. The summed E-state index contributed by atoms with van der Waals surface area (Å²) < 4.78 is 5.68. The highest BCUT2D eigenvalue weighted by Gasteiger charge is 2.35. The van der Waals surface area contributed by atoms with Crippen LogP contribution < -0.4 is 0 Å². The zero-order valence-electron chi connectivity index (χ0n) is 13.2. The molecule has 0 amide bonds. The molecule has 2 nitrogen and oxygen atoms in total. The SMILES string of the molecule is O=C(CCCOCc1ccccc1)C1CC2CCCC(C1)S2. The molecule has 2 atom stereocenters. The highest BCUT2D eigenvalue weighted by molar-refractivity contribution is 8.00. The molecular formula is C19H26O2S. The Morgan fingerprint density at radius 3 is 2.59 bits per heavy atom. The molecule has 0 saturated carbocycles. The predicted molar refractivity (Wildman–Crippen MR) is 92.1 cm³/mol. The Balaban J connectivity index is 1.32. The molecule has 3 rings (SSSR count). The largest absolute Gasteiger partial charge is 0.377 e. The summed E-state index contributed by atoms with van der Waals surface area (Å²) in [6.45, 7) is 1.34. The van der Waals surface area contributed by atoms with Crippen LogP contribution in [-0.4, -0.2) is 22.9 Å². The number of fused-ring (bicyclic) bond motifs is 2. The van der Waals surface area contributed by atoms with E-state index < -0.39 is 0 Å². The highest BCUT2D eigenvalue weighted by atomic mass is 32.2. The van der Waals surface area contributed by atoms with E-state index in [9.17, 15) is 4.79 Å². The minimum absolute atomic E-state index is 0.339. The zero-order chi connectivity index (χ0) is 15.2. The van der Waals surface area contributed by atoms with E-state index in [2.05, 4.69) is 23.9 Å². The zero-order valence-corrected chi connectivity index (χ0v) is 14.0. The van der Waals surface area contributed by atoms with E-state index in [0.717, 1.165) is 29.8 Å². The number of hydrogen-bond donors (Lipinski definition) is 0. The van der Waals surface area contributed by atoms with Gasteiger partial charge in [-0.15, -0.1) is 0 Å². The lowest BCUT2D eigenvalue weighted by molar-refractivity contribution is -0.123. The van der Waals surface area contributed by atoms with Crippen molar-refractivity contribution in [2.75, 3.05) is 6.61 Å². The van der Waals surface area contributed by atoms with Crippen LogP contribution >= 0.6 is 11.8 Å². The summed E-state index contributed by atoms with van der Waals surface area (Å²) in [7, 11) is 0. The fourth-order valence-electron chi connectivity index (χ4n) is 3.64. The number of hydrogen-bond acceptors (Lipinski definition) is 3. The molecule has 2 unspecified atom stereocenters. The third-order valence-corrected chi connectivity index (χ3v) is 6.44. The monoisotopic (exact) mass is 318 g/mol. The molecule has 2 saturated heterocycles. The molecule has 3 heteroatoms. The van der Waals surface area contributed by atoms with E-state index >= 15 is 0 Å². The van der Waals surface area contributed by atoms with Gasteiger partial charge in [0.25, 0.3) is 0 Å². The summed E-state index contributed by atoms with van der Waals surface area (Å²) in [5.74, 6) is 0.825. The first-order valence-corrected chi connectivity index (χ1v) is 9.55. The second kappa shape index (κ2) is 8.16. The van der Waals surface area contributed by atoms with Crippen LogP contribution in [-0.2, 0) is 16.1 Å². The van der Waals surface area contributed by atoms with E-state index in [1.807, 2.05) is 18.2 Å². The fourth-order valence-corrected chi connectivity index (χ4v) is 5.48. The van der Waals surface area contributed by atoms with Crippen LogP contribution in [0.3, 0.4) is 0 Å². The van der Waals surface area contributed by atoms with Crippen molar-refractivity contribution in [2.45, 2.75) is 62.1 Å². The van der Waals surface area contributed by atoms with Crippen molar-refractivity contribution in [1.29, 1.82) is 0 Å². The van der Waals surface area contributed by atoms with Crippen LogP contribution in [0, 0.1) is 5.92 Å². The Bertz CT molecular complexity index is 462. The molecule has 1 aromatic carbocycles. The van der Waals surface area contributed by atoms with Gasteiger partial charge in [-0.3, -0.25) is 4.79 Å². The number of thioether (sulfide) groups is 1. The molecule has 2 heterocycles. The van der Waals surface area contributed by atoms with Crippen molar-refractivity contribution < 1.29 is 9.53 Å². The smallest absolute Gasteiger partial charge is 0.136 e. The third-order valence-electron chi connectivity index (χ3n) is 4.81. The minimum atomic E-state index is 0.339. The Morgan fingerprint density at radius 1 is 1.14 bits per heavy atom. The summed E-state index contributed by atoms with van der Waals surface area (Å²) in [6.07, 6.45) is 7.84. The third kappa shape index (κ3) is 4.60. The van der Waals surface area contributed by atoms with Gasteiger partial charge in [0, 0.05) is 29.4 Å². The summed E-state index contributed by atoms with van der Waals surface area (Å²) >= 11 is 2.15. The predicted octanol–water partition coefficient (Wildman–Crippen LogP) is 4.62. The van der Waals surface area contributed by atoms with Gasteiger partial charge >= 0.3 is 0 Å². The summed E-state index contributed by atoms with van der Waals surface area (Å²) in [5.41, 5.74) is 1.20. The van der Waals surface area contributed by atoms with Gasteiger partial charge in [0.2, 0.25) is 0 Å². The van der Waals surface area contributed by atoms with Gasteiger partial charge in [-0.25, -0.2) is 0 Å². The molecule has 0 aliphatic carbocycles. The van der Waals surface area contributed by atoms with Crippen molar-refractivity contribution in [1.82, 2.24) is 0 Å². The fraction of sp³-hybridized carbons (Fsp3) is 0.632. The number of ether oxygens (including phenoxy) is 1. The van der Waals surface area contributed by atoms with Gasteiger partial charge in [0.1, 0.15) is 5.78 Å². The topological polar surface area (TPSA) is 26.3 Å². The molecule has 1 aromatic rings. The van der Waals surface area contributed by atoms with Crippen molar-refractivity contribution in [3.8, 4) is 0 Å². The van der Waals surface area contributed by atoms with Crippen molar-refractivity contribution in [3.63, 3.8) is 0 Å². The van der Waals surface area contributed by atoms with E-state index in [1.54, 1.807) is 0 Å². The number of carbonyl (C=O) groups is 1. The van der Waals surface area contributed by atoms with Gasteiger partial charge in [0.15, 0.2) is 0 Å². The molecule has 0 aromatic heterocycles. The average Bonchev–Trinajstić information content (AvgIpc) is 2.55. The number of ketones is 1. The first-order chi connectivity index (χ1) is 10.8. The minimum Gasteiger partial charge on any atom is -0.377 e. The first kappa shape index (κ1) is 16.1. The van der Waals surface area contributed by atoms with E-state index in [-0.39, 0.29) is 0 Å². The maximum atomic E-state index is 12.4. The lowest BCUT2D eigenvalue weighted by atomic mass is 9.85. The van der Waals surface area contributed by atoms with Crippen LogP contribution in [0.5, 0.6) is 0 Å². The van der Waals surface area contributed by atoms with Gasteiger partial charge in [-0.05, 0) is 37.7 Å². The molecule has 0 spiro atoms. The molecule has 2 aliphatic rings. The number of rotatable bonds is 7. The summed E-state index contributed by atoms with van der Waals surface area (Å²) in [5, 5.41) is 1.52. The van der Waals surface area contributed by atoms with Gasteiger partial charge in [-0.1, -0.05) is 36.8 Å². The average molecular weight is 318 g/mol. The van der Waals surface area contributed by atoms with E-state index in [4.69, 9.17) is 4.74 Å². The first-order valence-electron chi connectivity index (χ1n) is 8.61. The van der Waals surface area contributed by atoms with Crippen molar-refractivity contribution >= 4 is 17.5 Å². The van der Waals surface area contributed by atoms with Crippen LogP contribution in [0.2, 0.25) is 0 Å². The maximum absolute atomic E-state index is 12.4. The Hall–Kier alpha value is -0.800. The number of benzene rings is 1. The quantitative estimate of drug-likeness (QED) is 0.686. The molecule has 0 N–H and O–H groups in total. The second-order valence-corrected chi connectivity index (χ2v) is 8.19. The number of carbonyl (C=O) groups excluding carboxylic acids is 1. The molecular weight excluding hydrogens is 292 g/mol. The lowest BCUT2D eigenvalue weighted by Crippen LogP contribution is -2.32. The summed E-state index contributed by atoms with van der Waals surface area (Å²) in [6, 6.07) is 10.2. The van der Waals surface area contributed by atoms with Gasteiger partial charge in [0.05, 0.1) is 6.61 Å². The van der Waals surface area contributed by atoms with E-state index in [0.29, 0.717) is 31.3 Å². The Labute approximate surface area is 138 Å². The van der Waals surface area contributed by atoms with Crippen LogP contribution in [0.15, 0.2) is 30.3 Å². The standard InChI is InChI=1S/C19H26O2S/c20-19(16-12-17-8-4-9-18(13-16)22-17)10-5-11-21-14-15-6-2-1-3-7-15/h1-3,6-7,16-18H,4-5,8-14H2. The Kier molecular flexibility index (Phi) is 5.96. The lowest BCUT2D eigenvalue weighted by Gasteiger charge is -2.38. The normalized spacial score (nSPS) is 27.5. The molecule has 2 aliphatic heterocycles. The molecule has 120 valence electrons. The Morgan fingerprint density at radius 2 is 1.86 bits per heavy atom. The van der Waals surface area contributed by atoms with Crippen molar-refractivity contribution in [3.05, 3.63) is 35.9 Å². The maximum Gasteiger partial charge on any atom is 0.136 e. The van der Waals surface area contributed by atoms with Crippen LogP contribution in [0.1, 0.15) is 50.5 Å². The van der Waals surface area contributed by atoms with Gasteiger partial charge < -0.3 is 4.74 Å². The van der Waals surface area contributed by atoms with E-state index in [1.165, 1.54) is 24.8 Å². The second-order valence-electron chi connectivity index (χ2n) is 6.59. The van der Waals surface area contributed by atoms with Gasteiger partial charge in [-0.2, -0.15) is 11.8 Å². The summed E-state index contributed by atoms with van der Waals surface area (Å²) in [4.78, 5) is 12.4. The van der Waals surface area contributed by atoms with Crippen LogP contribution in [0.4, 0.5) is 0 Å². The molecule has 2 fully saturated rings. The van der Waals surface area contributed by atoms with Crippen molar-refractivity contribution in [2.24, 2.45) is 5.92 Å². The van der Waals surface area contributed by atoms with Crippen LogP contribution in [0.25, 0.3) is 0 Å². The highest BCUT2D eigenvalue weighted by Crippen LogP contribution is 2.44.